The van der Waals surface area contributed by atoms with Crippen LogP contribution in [0, 0.1) is 11.8 Å². The molecule has 1 aliphatic rings. The van der Waals surface area contributed by atoms with Crippen molar-refractivity contribution in [3.05, 3.63) is 60.7 Å². The summed E-state index contributed by atoms with van der Waals surface area (Å²) in [5, 5.41) is 2.74. The third-order valence-electron chi connectivity index (χ3n) is 6.94. The van der Waals surface area contributed by atoms with Crippen LogP contribution < -0.4 is 10.4 Å². The number of unbranched alkanes of at least 4 members (excludes halogenated alkanes) is 5. The Morgan fingerprint density at radius 2 is 1.36 bits per heavy atom. The monoisotopic (exact) mass is 506 g/mol. The van der Waals surface area contributed by atoms with Crippen LogP contribution >= 0.6 is 0 Å². The molecule has 4 heteroatoms. The minimum Gasteiger partial charge on any atom is -0.407 e. The van der Waals surface area contributed by atoms with Crippen LogP contribution in [0.4, 0.5) is 0 Å². The molecular formula is C32H46O3Si. The average Bonchev–Trinajstić information content (AvgIpc) is 2.90. The molecule has 1 aliphatic heterocycles. The van der Waals surface area contributed by atoms with Gasteiger partial charge in [0.25, 0.3) is 8.32 Å². The smallest absolute Gasteiger partial charge is 0.261 e. The molecule has 0 spiro atoms. The fourth-order valence-electron chi connectivity index (χ4n) is 5.03. The fraction of sp³-hybridized carbons (Fsp3) is 0.562. The lowest BCUT2D eigenvalue weighted by Crippen LogP contribution is -2.66. The third-order valence-corrected chi connectivity index (χ3v) is 12.0. The van der Waals surface area contributed by atoms with Crippen molar-refractivity contribution >= 4 is 18.7 Å². The van der Waals surface area contributed by atoms with Crippen molar-refractivity contribution in [1.82, 2.24) is 0 Å². The maximum atomic E-state index is 6.97. The zero-order chi connectivity index (χ0) is 25.5. The predicted octanol–water partition coefficient (Wildman–Crippen LogP) is 6.84. The van der Waals surface area contributed by atoms with E-state index < -0.39 is 8.32 Å². The Balaban J connectivity index is 1.38. The summed E-state index contributed by atoms with van der Waals surface area (Å²) >= 11 is 0. The van der Waals surface area contributed by atoms with Crippen molar-refractivity contribution in [1.29, 1.82) is 0 Å². The second-order valence-corrected chi connectivity index (χ2v) is 15.1. The van der Waals surface area contributed by atoms with Gasteiger partial charge >= 0.3 is 0 Å². The standard InChI is InChI=1S/C32H46O3Si/c1-32(2,3)36(29-21-13-11-14-22-29,30-23-15-12-16-24-30)35-28-19-10-8-6-4-5-7-9-18-26-33-31-25-17-20-27-34-31/h11-16,21-24,31H,6-10,17-20,25-28H2,1-3H3. The van der Waals surface area contributed by atoms with E-state index in [0.717, 1.165) is 71.2 Å². The number of hydrogen-bond acceptors (Lipinski definition) is 3. The van der Waals surface area contributed by atoms with Crippen molar-refractivity contribution in [3.63, 3.8) is 0 Å². The Morgan fingerprint density at radius 3 is 1.92 bits per heavy atom. The van der Waals surface area contributed by atoms with Gasteiger partial charge in [-0.2, -0.15) is 0 Å². The molecule has 0 aromatic heterocycles. The van der Waals surface area contributed by atoms with Crippen molar-refractivity contribution in [2.24, 2.45) is 0 Å². The maximum Gasteiger partial charge on any atom is 0.261 e. The highest BCUT2D eigenvalue weighted by Gasteiger charge is 2.49. The molecule has 36 heavy (non-hydrogen) atoms. The molecule has 1 saturated heterocycles. The van der Waals surface area contributed by atoms with Gasteiger partial charge in [0, 0.05) is 32.7 Å². The Kier molecular flexibility index (Phi) is 12.2. The van der Waals surface area contributed by atoms with Crippen molar-refractivity contribution in [2.45, 2.75) is 96.3 Å². The second kappa shape index (κ2) is 15.4. The molecule has 0 radical (unpaired) electrons. The lowest BCUT2D eigenvalue weighted by atomic mass is 10.2. The molecule has 0 N–H and O–H groups in total. The van der Waals surface area contributed by atoms with Crippen LogP contribution in [0.2, 0.25) is 5.04 Å². The van der Waals surface area contributed by atoms with Crippen molar-refractivity contribution in [2.75, 3.05) is 19.8 Å². The van der Waals surface area contributed by atoms with E-state index in [4.69, 9.17) is 13.9 Å². The van der Waals surface area contributed by atoms with Gasteiger partial charge < -0.3 is 13.9 Å². The Labute approximate surface area is 221 Å². The lowest BCUT2D eigenvalue weighted by Gasteiger charge is -2.43. The second-order valence-electron chi connectivity index (χ2n) is 10.8. The van der Waals surface area contributed by atoms with E-state index >= 15 is 0 Å². The van der Waals surface area contributed by atoms with Crippen LogP contribution in [-0.4, -0.2) is 34.4 Å². The lowest BCUT2D eigenvalue weighted by molar-refractivity contribution is -0.162. The topological polar surface area (TPSA) is 27.7 Å². The van der Waals surface area contributed by atoms with Gasteiger partial charge in [0.15, 0.2) is 6.29 Å². The van der Waals surface area contributed by atoms with Gasteiger partial charge in [0.2, 0.25) is 0 Å². The third kappa shape index (κ3) is 8.59. The zero-order valence-electron chi connectivity index (χ0n) is 22.8. The molecule has 1 atom stereocenters. The summed E-state index contributed by atoms with van der Waals surface area (Å²) in [5.41, 5.74) is 0. The zero-order valence-corrected chi connectivity index (χ0v) is 23.8. The largest absolute Gasteiger partial charge is 0.407 e. The summed E-state index contributed by atoms with van der Waals surface area (Å²) in [6.07, 6.45) is 10.9. The molecule has 3 nitrogen and oxygen atoms in total. The van der Waals surface area contributed by atoms with Gasteiger partial charge in [-0.3, -0.25) is 0 Å². The minimum absolute atomic E-state index is 0.0328. The van der Waals surface area contributed by atoms with Crippen LogP contribution in [0.25, 0.3) is 0 Å². The highest BCUT2D eigenvalue weighted by Crippen LogP contribution is 2.36. The van der Waals surface area contributed by atoms with Crippen LogP contribution in [0.15, 0.2) is 60.7 Å². The highest BCUT2D eigenvalue weighted by atomic mass is 28.4. The summed E-state index contributed by atoms with van der Waals surface area (Å²) in [7, 11) is -2.40. The van der Waals surface area contributed by atoms with Crippen LogP contribution in [-0.2, 0) is 13.9 Å². The Bertz CT molecular complexity index is 866. The number of ether oxygens (including phenoxy) is 2. The predicted molar refractivity (Wildman–Crippen MR) is 153 cm³/mol. The average molecular weight is 507 g/mol. The van der Waals surface area contributed by atoms with E-state index in [1.807, 2.05) is 0 Å². The number of rotatable bonds is 13. The molecule has 196 valence electrons. The molecule has 3 rings (SSSR count). The van der Waals surface area contributed by atoms with E-state index in [2.05, 4.69) is 93.3 Å². The quantitative estimate of drug-likeness (QED) is 0.169. The molecule has 2 aromatic rings. The van der Waals surface area contributed by atoms with E-state index in [0.29, 0.717) is 0 Å². The SMILES string of the molecule is CC(C)(C)[Si](OCCCCCC#CCCCCOC1CCCCO1)(c1ccccc1)c1ccccc1. The normalized spacial score (nSPS) is 16.4. The van der Waals surface area contributed by atoms with Gasteiger partial charge in [-0.25, -0.2) is 0 Å². The first-order valence-corrected chi connectivity index (χ1v) is 15.9. The highest BCUT2D eigenvalue weighted by molar-refractivity contribution is 6.99. The van der Waals surface area contributed by atoms with Crippen molar-refractivity contribution in [3.8, 4) is 11.8 Å². The van der Waals surface area contributed by atoms with E-state index in [1.54, 1.807) is 0 Å². The summed E-state index contributed by atoms with van der Waals surface area (Å²) in [5.74, 6) is 6.70. The van der Waals surface area contributed by atoms with Gasteiger partial charge in [0.1, 0.15) is 0 Å². The maximum absolute atomic E-state index is 6.97. The van der Waals surface area contributed by atoms with E-state index in [9.17, 15) is 0 Å². The van der Waals surface area contributed by atoms with Crippen LogP contribution in [0.3, 0.4) is 0 Å². The van der Waals surface area contributed by atoms with Gasteiger partial charge in [-0.05, 0) is 60.4 Å². The van der Waals surface area contributed by atoms with E-state index in [-0.39, 0.29) is 11.3 Å². The molecule has 2 aromatic carbocycles. The van der Waals surface area contributed by atoms with Gasteiger partial charge in [-0.15, -0.1) is 11.8 Å². The summed E-state index contributed by atoms with van der Waals surface area (Å²) < 4.78 is 18.4. The molecule has 0 bridgehead atoms. The van der Waals surface area contributed by atoms with E-state index in [1.165, 1.54) is 23.2 Å². The molecule has 1 heterocycles. The molecule has 1 fully saturated rings. The number of benzene rings is 2. The fourth-order valence-corrected chi connectivity index (χ4v) is 9.63. The summed E-state index contributed by atoms with van der Waals surface area (Å²) in [6, 6.07) is 21.8. The first-order valence-electron chi connectivity index (χ1n) is 14.0. The Morgan fingerprint density at radius 1 is 0.778 bits per heavy atom. The van der Waals surface area contributed by atoms with Gasteiger partial charge in [0.05, 0.1) is 0 Å². The Hall–Kier alpha value is -1.90. The first-order chi connectivity index (χ1) is 17.5. The van der Waals surface area contributed by atoms with Crippen molar-refractivity contribution < 1.29 is 13.9 Å². The van der Waals surface area contributed by atoms with Gasteiger partial charge in [-0.1, -0.05) is 87.9 Å². The molecule has 0 aliphatic carbocycles. The van der Waals surface area contributed by atoms with Crippen LogP contribution in [0.1, 0.15) is 85.0 Å². The number of hydrogen-bond donors (Lipinski definition) is 0. The molecule has 0 amide bonds. The summed E-state index contributed by atoms with van der Waals surface area (Å²) in [4.78, 5) is 0. The minimum atomic E-state index is -2.40. The first kappa shape index (κ1) is 28.7. The molecule has 1 unspecified atom stereocenters. The molecular weight excluding hydrogens is 460 g/mol. The summed E-state index contributed by atoms with van der Waals surface area (Å²) in [6.45, 7) is 9.45. The van der Waals surface area contributed by atoms with Crippen LogP contribution in [0.5, 0.6) is 0 Å². The molecule has 0 saturated carbocycles.